The number of halogens is 1. The standard InChI is InChI=1S/C19H20ClN5O/c1-25-17(18(20)23-24-25)14-7-9-15(10-8-14)19(26)22-16(12-21)11-13-5-3-2-4-6-13/h2-10,16H,11-12,21H2,1H3,(H,22,26)/t16-/m1/s1. The van der Waals surface area contributed by atoms with Crippen molar-refractivity contribution in [3.8, 4) is 11.3 Å². The zero-order chi connectivity index (χ0) is 18.5. The van der Waals surface area contributed by atoms with E-state index in [1.807, 2.05) is 42.5 Å². The van der Waals surface area contributed by atoms with Crippen LogP contribution in [0.5, 0.6) is 0 Å². The highest BCUT2D eigenvalue weighted by molar-refractivity contribution is 6.31. The molecule has 134 valence electrons. The number of aryl methyl sites for hydroxylation is 1. The van der Waals surface area contributed by atoms with Crippen LogP contribution in [0.3, 0.4) is 0 Å². The summed E-state index contributed by atoms with van der Waals surface area (Å²) in [6.45, 7) is 0.370. The topological polar surface area (TPSA) is 85.8 Å². The lowest BCUT2D eigenvalue weighted by atomic mass is 10.0. The minimum Gasteiger partial charge on any atom is -0.348 e. The lowest BCUT2D eigenvalue weighted by Gasteiger charge is -2.17. The van der Waals surface area contributed by atoms with Crippen LogP contribution in [0.1, 0.15) is 15.9 Å². The number of nitrogens with one attached hydrogen (secondary N) is 1. The summed E-state index contributed by atoms with van der Waals surface area (Å²) < 4.78 is 1.60. The molecule has 3 rings (SSSR count). The Balaban J connectivity index is 1.69. The van der Waals surface area contributed by atoms with Gasteiger partial charge in [0.1, 0.15) is 5.69 Å². The van der Waals surface area contributed by atoms with Crippen LogP contribution in [0.4, 0.5) is 0 Å². The van der Waals surface area contributed by atoms with Crippen LogP contribution in [0.2, 0.25) is 5.15 Å². The van der Waals surface area contributed by atoms with Crippen molar-refractivity contribution in [1.29, 1.82) is 0 Å². The molecule has 1 atom stereocenters. The molecular formula is C19H20ClN5O. The Labute approximate surface area is 157 Å². The van der Waals surface area contributed by atoms with Gasteiger partial charge < -0.3 is 11.1 Å². The van der Waals surface area contributed by atoms with Crippen LogP contribution in [-0.4, -0.2) is 33.5 Å². The van der Waals surface area contributed by atoms with Gasteiger partial charge in [-0.3, -0.25) is 4.79 Å². The molecule has 3 N–H and O–H groups in total. The molecule has 0 saturated heterocycles. The number of carbonyl (C=O) groups excluding carboxylic acids is 1. The van der Waals surface area contributed by atoms with Crippen LogP contribution < -0.4 is 11.1 Å². The van der Waals surface area contributed by atoms with E-state index < -0.39 is 0 Å². The fourth-order valence-electron chi connectivity index (χ4n) is 2.78. The maximum absolute atomic E-state index is 12.5. The van der Waals surface area contributed by atoms with Gasteiger partial charge in [0, 0.05) is 30.8 Å². The summed E-state index contributed by atoms with van der Waals surface area (Å²) in [7, 11) is 1.77. The number of rotatable bonds is 6. The summed E-state index contributed by atoms with van der Waals surface area (Å²) >= 11 is 6.06. The highest BCUT2D eigenvalue weighted by atomic mass is 35.5. The Morgan fingerprint density at radius 3 is 2.46 bits per heavy atom. The van der Waals surface area contributed by atoms with Crippen molar-refractivity contribution in [3.05, 3.63) is 70.9 Å². The molecule has 0 aliphatic carbocycles. The molecule has 0 saturated carbocycles. The van der Waals surface area contributed by atoms with E-state index in [4.69, 9.17) is 17.3 Å². The number of hydrogen-bond donors (Lipinski definition) is 2. The zero-order valence-electron chi connectivity index (χ0n) is 14.4. The lowest BCUT2D eigenvalue weighted by Crippen LogP contribution is -2.41. The molecule has 1 heterocycles. The van der Waals surface area contributed by atoms with Gasteiger partial charge >= 0.3 is 0 Å². The third-order valence-electron chi connectivity index (χ3n) is 4.15. The van der Waals surface area contributed by atoms with Gasteiger partial charge in [0.15, 0.2) is 5.15 Å². The predicted molar refractivity (Wildman–Crippen MR) is 102 cm³/mol. The van der Waals surface area contributed by atoms with E-state index in [9.17, 15) is 4.79 Å². The number of nitrogens with zero attached hydrogens (tertiary/aromatic N) is 3. The van der Waals surface area contributed by atoms with Gasteiger partial charge in [-0.15, -0.1) is 5.10 Å². The van der Waals surface area contributed by atoms with Crippen LogP contribution >= 0.6 is 11.6 Å². The van der Waals surface area contributed by atoms with Gasteiger partial charge in [-0.25, -0.2) is 4.68 Å². The van der Waals surface area contributed by atoms with Crippen molar-refractivity contribution in [1.82, 2.24) is 20.3 Å². The highest BCUT2D eigenvalue weighted by Gasteiger charge is 2.15. The van der Waals surface area contributed by atoms with Crippen molar-refractivity contribution in [2.24, 2.45) is 12.8 Å². The van der Waals surface area contributed by atoms with E-state index in [0.29, 0.717) is 29.4 Å². The molecule has 26 heavy (non-hydrogen) atoms. The summed E-state index contributed by atoms with van der Waals surface area (Å²) in [6.07, 6.45) is 0.692. The van der Waals surface area contributed by atoms with E-state index in [1.165, 1.54) is 0 Å². The first kappa shape index (κ1) is 18.1. The summed E-state index contributed by atoms with van der Waals surface area (Å²) in [4.78, 5) is 12.5. The largest absolute Gasteiger partial charge is 0.348 e. The molecule has 0 spiro atoms. The molecule has 0 radical (unpaired) electrons. The van der Waals surface area contributed by atoms with E-state index in [-0.39, 0.29) is 11.9 Å². The van der Waals surface area contributed by atoms with Gasteiger partial charge in [-0.2, -0.15) is 0 Å². The third kappa shape index (κ3) is 4.09. The lowest BCUT2D eigenvalue weighted by molar-refractivity contribution is 0.0938. The van der Waals surface area contributed by atoms with Gasteiger partial charge in [0.25, 0.3) is 5.91 Å². The molecule has 0 aliphatic rings. The summed E-state index contributed by atoms with van der Waals surface area (Å²) in [5.74, 6) is -0.155. The normalized spacial score (nSPS) is 12.0. The number of carbonyl (C=O) groups is 1. The minimum atomic E-state index is -0.155. The van der Waals surface area contributed by atoms with E-state index in [0.717, 1.165) is 11.1 Å². The van der Waals surface area contributed by atoms with Crippen molar-refractivity contribution in [2.75, 3.05) is 6.54 Å². The molecule has 3 aromatic rings. The third-order valence-corrected chi connectivity index (χ3v) is 4.41. The first-order valence-corrected chi connectivity index (χ1v) is 8.66. The van der Waals surface area contributed by atoms with Crippen LogP contribution in [0, 0.1) is 0 Å². The monoisotopic (exact) mass is 369 g/mol. The van der Waals surface area contributed by atoms with Gasteiger partial charge in [0.05, 0.1) is 0 Å². The second-order valence-corrected chi connectivity index (χ2v) is 6.38. The van der Waals surface area contributed by atoms with Crippen LogP contribution in [-0.2, 0) is 13.5 Å². The van der Waals surface area contributed by atoms with Crippen molar-refractivity contribution in [3.63, 3.8) is 0 Å². The molecule has 0 fully saturated rings. The highest BCUT2D eigenvalue weighted by Crippen LogP contribution is 2.25. The number of aromatic nitrogens is 3. The van der Waals surface area contributed by atoms with E-state index >= 15 is 0 Å². The fraction of sp³-hybridized carbons (Fsp3) is 0.211. The number of hydrogen-bond acceptors (Lipinski definition) is 4. The fourth-order valence-corrected chi connectivity index (χ4v) is 3.04. The average Bonchev–Trinajstić information content (AvgIpc) is 3.00. The van der Waals surface area contributed by atoms with Crippen LogP contribution in [0.15, 0.2) is 54.6 Å². The molecule has 0 bridgehead atoms. The Hall–Kier alpha value is -2.70. The second kappa shape index (κ2) is 8.12. The molecule has 0 aliphatic heterocycles. The first-order valence-electron chi connectivity index (χ1n) is 8.29. The summed E-state index contributed by atoms with van der Waals surface area (Å²) in [5, 5.41) is 11.0. The van der Waals surface area contributed by atoms with Crippen molar-refractivity contribution >= 4 is 17.5 Å². The summed E-state index contributed by atoms with van der Waals surface area (Å²) in [6, 6.07) is 17.0. The number of benzene rings is 2. The Morgan fingerprint density at radius 2 is 1.88 bits per heavy atom. The predicted octanol–water partition coefficient (Wildman–Crippen LogP) is 2.44. The van der Waals surface area contributed by atoms with Crippen molar-refractivity contribution in [2.45, 2.75) is 12.5 Å². The molecule has 1 aromatic heterocycles. The molecular weight excluding hydrogens is 350 g/mol. The maximum Gasteiger partial charge on any atom is 0.251 e. The zero-order valence-corrected chi connectivity index (χ0v) is 15.1. The van der Waals surface area contributed by atoms with Gasteiger partial charge in [0.2, 0.25) is 0 Å². The molecule has 1 amide bonds. The van der Waals surface area contributed by atoms with Crippen LogP contribution in [0.25, 0.3) is 11.3 Å². The van der Waals surface area contributed by atoms with E-state index in [1.54, 1.807) is 23.9 Å². The van der Waals surface area contributed by atoms with E-state index in [2.05, 4.69) is 15.6 Å². The Bertz CT molecular complexity index is 857. The van der Waals surface area contributed by atoms with Crippen molar-refractivity contribution < 1.29 is 4.79 Å². The first-order chi connectivity index (χ1) is 12.6. The Morgan fingerprint density at radius 1 is 1.19 bits per heavy atom. The maximum atomic E-state index is 12.5. The smallest absolute Gasteiger partial charge is 0.251 e. The molecule has 0 unspecified atom stereocenters. The quantitative estimate of drug-likeness (QED) is 0.698. The molecule has 7 heteroatoms. The van der Waals surface area contributed by atoms with Gasteiger partial charge in [-0.05, 0) is 24.1 Å². The number of amides is 1. The summed E-state index contributed by atoms with van der Waals surface area (Å²) in [5.41, 5.74) is 9.08. The second-order valence-electron chi connectivity index (χ2n) is 6.03. The number of nitrogens with two attached hydrogens (primary N) is 1. The van der Waals surface area contributed by atoms with Gasteiger partial charge in [-0.1, -0.05) is 59.3 Å². The SMILES string of the molecule is Cn1nnc(Cl)c1-c1ccc(C(=O)N[C@@H](CN)Cc2ccccc2)cc1. The average molecular weight is 370 g/mol. The molecule has 2 aromatic carbocycles. The minimum absolute atomic E-state index is 0.125. The molecule has 6 nitrogen and oxygen atoms in total. The Kier molecular flexibility index (Phi) is 5.65.